The largest absolute Gasteiger partial charge is 0.353 e. The Morgan fingerprint density at radius 3 is 2.44 bits per heavy atom. The minimum Gasteiger partial charge on any atom is -0.353 e. The summed E-state index contributed by atoms with van der Waals surface area (Å²) in [5, 5.41) is 15.2. The molecule has 4 rings (SSSR count). The van der Waals surface area contributed by atoms with Gasteiger partial charge in [-0.3, -0.25) is 13.9 Å². The third-order valence-corrected chi connectivity index (χ3v) is 6.86. The molecule has 1 aliphatic carbocycles. The van der Waals surface area contributed by atoms with Crippen LogP contribution in [-0.2, 0) is 14.9 Å². The predicted octanol–water partition coefficient (Wildman–Crippen LogP) is 3.40. The summed E-state index contributed by atoms with van der Waals surface area (Å²) in [6.07, 6.45) is 6.06. The van der Waals surface area contributed by atoms with Crippen LogP contribution in [0.5, 0.6) is 0 Å². The molecule has 0 unspecified atom stereocenters. The van der Waals surface area contributed by atoms with Crippen molar-refractivity contribution in [1.29, 1.82) is 5.26 Å². The monoisotopic (exact) mass is 507 g/mol. The molecule has 0 spiro atoms. The first-order valence-corrected chi connectivity index (χ1v) is 12.9. The molecular formula is C24H25N7O4S. The van der Waals surface area contributed by atoms with Gasteiger partial charge in [-0.25, -0.2) is 23.9 Å². The zero-order chi connectivity index (χ0) is 25.9. The predicted molar refractivity (Wildman–Crippen MR) is 136 cm³/mol. The fraction of sp³-hybridized carbons (Fsp3) is 0.250. The van der Waals surface area contributed by atoms with Crippen LogP contribution in [0.2, 0.25) is 0 Å². The maximum atomic E-state index is 12.6. The van der Waals surface area contributed by atoms with Crippen molar-refractivity contribution in [1.82, 2.24) is 15.4 Å². The number of benzene rings is 1. The maximum Gasteiger partial charge on any atom is 0.278 e. The molecule has 12 heteroatoms. The molecule has 36 heavy (non-hydrogen) atoms. The molecule has 1 aromatic carbocycles. The number of nitrogens with one attached hydrogen (secondary N) is 3. The number of pyridine rings is 2. The van der Waals surface area contributed by atoms with Crippen LogP contribution in [0.3, 0.4) is 0 Å². The summed E-state index contributed by atoms with van der Waals surface area (Å²) >= 11 is 0. The maximum absolute atomic E-state index is 12.6. The normalized spacial score (nSPS) is 12.9. The Labute approximate surface area is 209 Å². The minimum atomic E-state index is -3.54. The van der Waals surface area contributed by atoms with Gasteiger partial charge in [0.1, 0.15) is 17.7 Å². The standard InChI is InChI=1S/C24H25N7O4S/c1-31(36(3,33)34)21-10-17(16-5-6-16)7-8-19(21)28-20-11-23(27-14-18(20)24(32)30-35-2)29-22-9-4-15(12-25)13-26-22/h4,7-11,13-14,16H,5-6H2,1-3H3,(H,30,32)(H2,26,27,28,29). The van der Waals surface area contributed by atoms with E-state index in [0.717, 1.165) is 24.7 Å². The average Bonchev–Trinajstić information content (AvgIpc) is 3.70. The molecule has 2 aromatic heterocycles. The molecule has 0 saturated heterocycles. The zero-order valence-corrected chi connectivity index (χ0v) is 20.8. The van der Waals surface area contributed by atoms with Crippen LogP contribution < -0.4 is 20.4 Å². The van der Waals surface area contributed by atoms with Gasteiger partial charge >= 0.3 is 0 Å². The second-order valence-corrected chi connectivity index (χ2v) is 10.3. The minimum absolute atomic E-state index is 0.175. The molecule has 1 aliphatic rings. The van der Waals surface area contributed by atoms with Crippen molar-refractivity contribution in [3.05, 3.63) is 65.5 Å². The van der Waals surface area contributed by atoms with Crippen LogP contribution in [0.25, 0.3) is 0 Å². The highest BCUT2D eigenvalue weighted by Crippen LogP contribution is 2.43. The van der Waals surface area contributed by atoms with Gasteiger partial charge in [-0.1, -0.05) is 6.07 Å². The topological polar surface area (TPSA) is 149 Å². The Kier molecular flexibility index (Phi) is 7.05. The highest BCUT2D eigenvalue weighted by atomic mass is 32.2. The number of aromatic nitrogens is 2. The average molecular weight is 508 g/mol. The molecule has 1 amide bonds. The second kappa shape index (κ2) is 10.2. The molecule has 0 radical (unpaired) electrons. The van der Waals surface area contributed by atoms with Gasteiger partial charge < -0.3 is 10.6 Å². The van der Waals surface area contributed by atoms with Crippen molar-refractivity contribution in [2.24, 2.45) is 0 Å². The summed E-state index contributed by atoms with van der Waals surface area (Å²) in [5.74, 6) is 0.706. The van der Waals surface area contributed by atoms with Crippen molar-refractivity contribution in [2.75, 3.05) is 35.4 Å². The van der Waals surface area contributed by atoms with E-state index in [9.17, 15) is 13.2 Å². The van der Waals surface area contributed by atoms with Gasteiger partial charge in [-0.05, 0) is 48.6 Å². The molecule has 2 heterocycles. The molecule has 1 fully saturated rings. The number of hydroxylamine groups is 1. The Morgan fingerprint density at radius 2 is 1.83 bits per heavy atom. The first-order chi connectivity index (χ1) is 17.2. The molecule has 0 aliphatic heterocycles. The van der Waals surface area contributed by atoms with E-state index in [-0.39, 0.29) is 5.56 Å². The SMILES string of the molecule is CONC(=O)c1cnc(Nc2ccc(C#N)cn2)cc1Nc1ccc(C2CC2)cc1N(C)S(C)(=O)=O. The lowest BCUT2D eigenvalue weighted by molar-refractivity contribution is 0.0538. The van der Waals surface area contributed by atoms with E-state index in [1.54, 1.807) is 24.3 Å². The molecule has 0 atom stereocenters. The first kappa shape index (κ1) is 24.9. The molecule has 0 bridgehead atoms. The van der Waals surface area contributed by atoms with Gasteiger partial charge in [-0.15, -0.1) is 0 Å². The summed E-state index contributed by atoms with van der Waals surface area (Å²) < 4.78 is 25.9. The number of amides is 1. The van der Waals surface area contributed by atoms with E-state index in [1.807, 2.05) is 18.2 Å². The third-order valence-electron chi connectivity index (χ3n) is 5.67. The van der Waals surface area contributed by atoms with Crippen LogP contribution >= 0.6 is 0 Å². The lowest BCUT2D eigenvalue weighted by Gasteiger charge is -2.23. The van der Waals surface area contributed by atoms with E-state index >= 15 is 0 Å². The Morgan fingerprint density at radius 1 is 1.08 bits per heavy atom. The number of anilines is 5. The van der Waals surface area contributed by atoms with Gasteiger partial charge in [0.25, 0.3) is 5.91 Å². The van der Waals surface area contributed by atoms with Gasteiger partial charge in [-0.2, -0.15) is 5.26 Å². The van der Waals surface area contributed by atoms with Crippen molar-refractivity contribution in [3.63, 3.8) is 0 Å². The Bertz CT molecular complexity index is 1430. The van der Waals surface area contributed by atoms with E-state index in [0.29, 0.717) is 40.2 Å². The van der Waals surface area contributed by atoms with Crippen LogP contribution in [0.1, 0.15) is 40.2 Å². The molecule has 186 valence electrons. The number of sulfonamides is 1. The fourth-order valence-corrected chi connectivity index (χ4v) is 4.04. The Balaban J connectivity index is 1.73. The van der Waals surface area contributed by atoms with E-state index < -0.39 is 15.9 Å². The van der Waals surface area contributed by atoms with Gasteiger partial charge in [0, 0.05) is 25.5 Å². The summed E-state index contributed by atoms with van der Waals surface area (Å²) in [4.78, 5) is 25.9. The van der Waals surface area contributed by atoms with Crippen LogP contribution in [0.4, 0.5) is 28.7 Å². The van der Waals surface area contributed by atoms with Crippen molar-refractivity contribution in [3.8, 4) is 6.07 Å². The first-order valence-electron chi connectivity index (χ1n) is 11.0. The van der Waals surface area contributed by atoms with Crippen molar-refractivity contribution in [2.45, 2.75) is 18.8 Å². The smallest absolute Gasteiger partial charge is 0.278 e. The van der Waals surface area contributed by atoms with Crippen molar-refractivity contribution >= 4 is 44.6 Å². The number of carbonyl (C=O) groups is 1. The number of hydrogen-bond donors (Lipinski definition) is 3. The summed E-state index contributed by atoms with van der Waals surface area (Å²) in [5.41, 5.74) is 5.24. The highest BCUT2D eigenvalue weighted by Gasteiger charge is 2.26. The lowest BCUT2D eigenvalue weighted by atomic mass is 10.1. The van der Waals surface area contributed by atoms with E-state index in [1.165, 1.54) is 30.9 Å². The van der Waals surface area contributed by atoms with Gasteiger partial charge in [0.15, 0.2) is 0 Å². The highest BCUT2D eigenvalue weighted by molar-refractivity contribution is 7.92. The number of rotatable bonds is 9. The number of hydrogen-bond acceptors (Lipinski definition) is 9. The summed E-state index contributed by atoms with van der Waals surface area (Å²) in [6, 6.07) is 12.5. The quantitative estimate of drug-likeness (QED) is 0.370. The molecule has 11 nitrogen and oxygen atoms in total. The van der Waals surface area contributed by atoms with Crippen LogP contribution in [0.15, 0.2) is 48.8 Å². The summed E-state index contributed by atoms with van der Waals surface area (Å²) in [6.45, 7) is 0. The zero-order valence-electron chi connectivity index (χ0n) is 19.9. The second-order valence-electron chi connectivity index (χ2n) is 8.33. The number of nitrogens with zero attached hydrogens (tertiary/aromatic N) is 4. The molecular weight excluding hydrogens is 482 g/mol. The lowest BCUT2D eigenvalue weighted by Crippen LogP contribution is -2.26. The van der Waals surface area contributed by atoms with Gasteiger partial charge in [0.05, 0.1) is 41.6 Å². The number of nitriles is 1. The molecule has 3 N–H and O–H groups in total. The van der Waals surface area contributed by atoms with Crippen LogP contribution in [-0.4, -0.2) is 44.7 Å². The molecule has 1 saturated carbocycles. The van der Waals surface area contributed by atoms with Crippen LogP contribution in [0, 0.1) is 11.3 Å². The molecule has 3 aromatic rings. The van der Waals surface area contributed by atoms with Gasteiger partial charge in [0.2, 0.25) is 10.0 Å². The Hall–Kier alpha value is -4.21. The van der Waals surface area contributed by atoms with E-state index in [2.05, 4.69) is 26.1 Å². The number of carbonyl (C=O) groups excluding carboxylic acids is 1. The summed E-state index contributed by atoms with van der Waals surface area (Å²) in [7, 11) is -0.737. The van der Waals surface area contributed by atoms with Crippen molar-refractivity contribution < 1.29 is 18.0 Å². The fourth-order valence-electron chi connectivity index (χ4n) is 3.53. The third kappa shape index (κ3) is 5.70. The van der Waals surface area contributed by atoms with E-state index in [4.69, 9.17) is 10.1 Å².